The maximum atomic E-state index is 11.0. The molecule has 140 valence electrons. The predicted octanol–water partition coefficient (Wildman–Crippen LogP) is 2.42. The molecule has 24 heavy (non-hydrogen) atoms. The molecule has 0 spiro atoms. The number of hydrogen-bond donors (Lipinski definition) is 0. The minimum absolute atomic E-state index is 0. The molecule has 6 heteroatoms. The van der Waals surface area contributed by atoms with Gasteiger partial charge in [-0.2, -0.15) is 0 Å². The Morgan fingerprint density at radius 3 is 1.58 bits per heavy atom. The number of amides is 2. The highest BCUT2D eigenvalue weighted by Gasteiger charge is 2.33. The molecule has 2 saturated heterocycles. The number of epoxide rings is 1. The van der Waals surface area contributed by atoms with Crippen molar-refractivity contribution in [1.82, 2.24) is 4.90 Å². The van der Waals surface area contributed by atoms with Crippen LogP contribution in [0.3, 0.4) is 0 Å². The number of carbonyl (C=O) groups is 2. The van der Waals surface area contributed by atoms with Gasteiger partial charge in [-0.05, 0) is 27.7 Å². The van der Waals surface area contributed by atoms with Crippen LogP contribution in [0.5, 0.6) is 0 Å². The van der Waals surface area contributed by atoms with Crippen LogP contribution in [-0.2, 0) is 23.8 Å². The van der Waals surface area contributed by atoms with Crippen molar-refractivity contribution in [1.29, 1.82) is 0 Å². The van der Waals surface area contributed by atoms with Crippen molar-refractivity contribution in [2.45, 2.75) is 54.3 Å². The molecule has 2 amide bonds. The van der Waals surface area contributed by atoms with Crippen LogP contribution in [0.15, 0.2) is 11.1 Å². The van der Waals surface area contributed by atoms with Gasteiger partial charge in [0.25, 0.3) is 11.8 Å². The standard InChI is InChI=1S/C7H9NO2.C6H12O2.C4H8O.CH4/c1-4-5(2)7(10)8(3)6(4)9;1-6(3-7-2)4-8-5-6;1-3-4(2)5-3;/h1-3H3;3-5H2,1-2H3;3-4H,1-2H3;1H4. The molecule has 0 bridgehead atoms. The molecule has 3 heterocycles. The van der Waals surface area contributed by atoms with Crippen LogP contribution in [0, 0.1) is 5.41 Å². The highest BCUT2D eigenvalue weighted by atomic mass is 16.6. The van der Waals surface area contributed by atoms with Crippen molar-refractivity contribution in [2.24, 2.45) is 5.41 Å². The van der Waals surface area contributed by atoms with Gasteiger partial charge in [-0.15, -0.1) is 0 Å². The second kappa shape index (κ2) is 9.30. The predicted molar refractivity (Wildman–Crippen MR) is 93.7 cm³/mol. The summed E-state index contributed by atoms with van der Waals surface area (Å²) >= 11 is 0. The Kier molecular flexibility index (Phi) is 8.82. The van der Waals surface area contributed by atoms with E-state index in [0.717, 1.165) is 24.7 Å². The fourth-order valence-corrected chi connectivity index (χ4v) is 2.09. The third-order valence-corrected chi connectivity index (χ3v) is 4.22. The molecule has 2 atom stereocenters. The van der Waals surface area contributed by atoms with Crippen LogP contribution >= 0.6 is 0 Å². The van der Waals surface area contributed by atoms with E-state index in [9.17, 15) is 9.59 Å². The van der Waals surface area contributed by atoms with Gasteiger partial charge in [-0.3, -0.25) is 14.5 Å². The SMILES string of the molecule is C.CC1=C(C)C(=O)N(C)C1=O.CC1OC1C.COCC1(C)COC1. The highest BCUT2D eigenvalue weighted by molar-refractivity contribution is 6.18. The summed E-state index contributed by atoms with van der Waals surface area (Å²) in [6.45, 7) is 12.2. The first-order chi connectivity index (χ1) is 10.6. The van der Waals surface area contributed by atoms with Crippen LogP contribution in [0.2, 0.25) is 0 Å². The normalized spacial score (nSPS) is 26.5. The Hall–Kier alpha value is -1.24. The first-order valence-electron chi connectivity index (χ1n) is 7.85. The summed E-state index contributed by atoms with van der Waals surface area (Å²) < 4.78 is 14.9. The average Bonchev–Trinajstić information content (AvgIpc) is 3.11. The number of rotatable bonds is 2. The second-order valence-corrected chi connectivity index (χ2v) is 6.70. The molecule has 6 nitrogen and oxygen atoms in total. The zero-order chi connectivity index (χ0) is 17.8. The molecule has 3 aliphatic rings. The maximum Gasteiger partial charge on any atom is 0.256 e. The molecule has 3 rings (SSSR count). The van der Waals surface area contributed by atoms with E-state index in [1.165, 1.54) is 7.05 Å². The molecule has 0 saturated carbocycles. The number of imide groups is 1. The van der Waals surface area contributed by atoms with Crippen molar-refractivity contribution in [3.05, 3.63) is 11.1 Å². The van der Waals surface area contributed by atoms with Crippen LogP contribution in [0.4, 0.5) is 0 Å². The quantitative estimate of drug-likeness (QED) is 0.569. The molecule has 0 aromatic rings. The van der Waals surface area contributed by atoms with Crippen molar-refractivity contribution in [3.8, 4) is 0 Å². The fraction of sp³-hybridized carbons (Fsp3) is 0.778. The lowest BCUT2D eigenvalue weighted by atomic mass is 9.90. The van der Waals surface area contributed by atoms with Gasteiger partial charge in [0.1, 0.15) is 0 Å². The summed E-state index contributed by atoms with van der Waals surface area (Å²) in [6, 6.07) is 0. The molecular formula is C18H33NO5. The van der Waals surface area contributed by atoms with E-state index >= 15 is 0 Å². The molecule has 0 radical (unpaired) electrons. The summed E-state index contributed by atoms with van der Waals surface area (Å²) in [7, 11) is 3.22. The lowest BCUT2D eigenvalue weighted by Crippen LogP contribution is -2.43. The van der Waals surface area contributed by atoms with Gasteiger partial charge in [0.2, 0.25) is 0 Å². The Bertz CT molecular complexity index is 452. The molecule has 0 aromatic carbocycles. The summed E-state index contributed by atoms with van der Waals surface area (Å²) in [5.74, 6) is -0.356. The van der Waals surface area contributed by atoms with Gasteiger partial charge in [0.05, 0.1) is 32.0 Å². The van der Waals surface area contributed by atoms with Gasteiger partial charge in [-0.1, -0.05) is 14.4 Å². The van der Waals surface area contributed by atoms with Gasteiger partial charge < -0.3 is 14.2 Å². The van der Waals surface area contributed by atoms with E-state index in [2.05, 4.69) is 20.8 Å². The molecule has 2 unspecified atom stereocenters. The zero-order valence-electron chi connectivity index (χ0n) is 15.3. The minimum atomic E-state index is -0.178. The first-order valence-corrected chi connectivity index (χ1v) is 7.85. The smallest absolute Gasteiger partial charge is 0.256 e. The number of methoxy groups -OCH3 is 1. The average molecular weight is 343 g/mol. The van der Waals surface area contributed by atoms with E-state index in [1.54, 1.807) is 21.0 Å². The number of nitrogens with zero attached hydrogens (tertiary/aromatic N) is 1. The van der Waals surface area contributed by atoms with Gasteiger partial charge in [0.15, 0.2) is 0 Å². The summed E-state index contributed by atoms with van der Waals surface area (Å²) in [6.07, 6.45) is 1.10. The van der Waals surface area contributed by atoms with Gasteiger partial charge in [0, 0.05) is 30.7 Å². The molecule has 0 aliphatic carbocycles. The van der Waals surface area contributed by atoms with Crippen LogP contribution in [-0.4, -0.2) is 62.9 Å². The lowest BCUT2D eigenvalue weighted by Gasteiger charge is -2.37. The number of hydrogen-bond acceptors (Lipinski definition) is 5. The van der Waals surface area contributed by atoms with E-state index in [-0.39, 0.29) is 19.2 Å². The number of likely N-dealkylation sites (N-methyl/N-ethyl adjacent to an activating group) is 1. The zero-order valence-corrected chi connectivity index (χ0v) is 15.3. The van der Waals surface area contributed by atoms with Gasteiger partial charge >= 0.3 is 0 Å². The van der Waals surface area contributed by atoms with Crippen LogP contribution in [0.25, 0.3) is 0 Å². The Morgan fingerprint density at radius 2 is 1.50 bits per heavy atom. The molecular weight excluding hydrogens is 310 g/mol. The molecule has 0 aromatic heterocycles. The minimum Gasteiger partial charge on any atom is -0.384 e. The number of ether oxygens (including phenoxy) is 3. The second-order valence-electron chi connectivity index (χ2n) is 6.70. The third kappa shape index (κ3) is 6.00. The van der Waals surface area contributed by atoms with E-state index in [0.29, 0.717) is 28.8 Å². The Morgan fingerprint density at radius 1 is 1.12 bits per heavy atom. The third-order valence-electron chi connectivity index (χ3n) is 4.22. The Balaban J connectivity index is 0.000000340. The highest BCUT2D eigenvalue weighted by Crippen LogP contribution is 2.25. The number of carbonyl (C=O) groups excluding carboxylic acids is 2. The van der Waals surface area contributed by atoms with Crippen LogP contribution in [0.1, 0.15) is 42.0 Å². The van der Waals surface area contributed by atoms with Crippen molar-refractivity contribution in [3.63, 3.8) is 0 Å². The Labute approximate surface area is 146 Å². The molecule has 3 aliphatic heterocycles. The van der Waals surface area contributed by atoms with Crippen LogP contribution < -0.4 is 0 Å². The van der Waals surface area contributed by atoms with E-state index < -0.39 is 0 Å². The summed E-state index contributed by atoms with van der Waals surface area (Å²) in [5, 5.41) is 0. The maximum absolute atomic E-state index is 11.0. The lowest BCUT2D eigenvalue weighted by molar-refractivity contribution is -0.135. The topological polar surface area (TPSA) is 68.4 Å². The van der Waals surface area contributed by atoms with Crippen molar-refractivity contribution >= 4 is 11.8 Å². The fourth-order valence-electron chi connectivity index (χ4n) is 2.09. The van der Waals surface area contributed by atoms with E-state index in [1.807, 2.05) is 0 Å². The molecule has 2 fully saturated rings. The first kappa shape index (κ1) is 22.8. The van der Waals surface area contributed by atoms with Gasteiger partial charge in [-0.25, -0.2) is 0 Å². The summed E-state index contributed by atoms with van der Waals surface area (Å²) in [4.78, 5) is 23.1. The summed E-state index contributed by atoms with van der Waals surface area (Å²) in [5.41, 5.74) is 1.45. The van der Waals surface area contributed by atoms with Crippen molar-refractivity contribution in [2.75, 3.05) is 34.0 Å². The van der Waals surface area contributed by atoms with Crippen molar-refractivity contribution < 1.29 is 23.8 Å². The molecule has 0 N–H and O–H groups in total. The monoisotopic (exact) mass is 343 g/mol. The largest absolute Gasteiger partial charge is 0.384 e. The van der Waals surface area contributed by atoms with E-state index in [4.69, 9.17) is 14.2 Å².